The van der Waals surface area contributed by atoms with Gasteiger partial charge >= 0.3 is 0 Å². The molecular weight excluding hydrogens is 234 g/mol. The van der Waals surface area contributed by atoms with Gasteiger partial charge < -0.3 is 0 Å². The van der Waals surface area contributed by atoms with Crippen molar-refractivity contribution in [1.82, 2.24) is 9.97 Å². The maximum absolute atomic E-state index is 6.11. The molecule has 1 aliphatic heterocycles. The second-order valence-electron chi connectivity index (χ2n) is 4.03. The van der Waals surface area contributed by atoms with Crippen LogP contribution in [0.5, 0.6) is 0 Å². The van der Waals surface area contributed by atoms with Gasteiger partial charge in [0.15, 0.2) is 5.82 Å². The van der Waals surface area contributed by atoms with E-state index in [0.717, 1.165) is 34.8 Å². The Bertz CT molecular complexity index is 620. The highest BCUT2D eigenvalue weighted by Gasteiger charge is 2.18. The van der Waals surface area contributed by atoms with Crippen molar-refractivity contribution in [2.24, 2.45) is 4.99 Å². The minimum Gasteiger partial charge on any atom is -0.263 e. The summed E-state index contributed by atoms with van der Waals surface area (Å²) in [6.45, 7) is 1.97. The molecule has 0 aliphatic carbocycles. The van der Waals surface area contributed by atoms with Crippen molar-refractivity contribution in [3.63, 3.8) is 0 Å². The maximum Gasteiger partial charge on any atom is 0.155 e. The average Bonchev–Trinajstić information content (AvgIpc) is 2.72. The van der Waals surface area contributed by atoms with Gasteiger partial charge in [0.05, 0.1) is 10.7 Å². The lowest BCUT2D eigenvalue weighted by Crippen LogP contribution is -2.01. The molecule has 4 heteroatoms. The normalized spacial score (nSPS) is 13.4. The van der Waals surface area contributed by atoms with E-state index >= 15 is 0 Å². The molecule has 17 heavy (non-hydrogen) atoms. The molecule has 3 nitrogen and oxygen atoms in total. The Morgan fingerprint density at radius 1 is 1.24 bits per heavy atom. The number of hydrogen-bond donors (Lipinski definition) is 0. The Morgan fingerprint density at radius 3 is 2.94 bits per heavy atom. The van der Waals surface area contributed by atoms with Crippen LogP contribution in [0.3, 0.4) is 0 Å². The summed E-state index contributed by atoms with van der Waals surface area (Å²) in [5.74, 6) is 0.813. The summed E-state index contributed by atoms with van der Waals surface area (Å²) in [6, 6.07) is 5.97. The van der Waals surface area contributed by atoms with E-state index in [1.807, 2.05) is 19.1 Å². The fourth-order valence-corrected chi connectivity index (χ4v) is 2.15. The first kappa shape index (κ1) is 10.4. The van der Waals surface area contributed by atoms with Crippen LogP contribution in [0.2, 0.25) is 5.02 Å². The van der Waals surface area contributed by atoms with E-state index < -0.39 is 0 Å². The minimum absolute atomic E-state index is 0.635. The zero-order valence-electron chi connectivity index (χ0n) is 9.31. The van der Waals surface area contributed by atoms with Crippen molar-refractivity contribution < 1.29 is 0 Å². The van der Waals surface area contributed by atoms with Crippen molar-refractivity contribution in [2.45, 2.75) is 13.3 Å². The summed E-state index contributed by atoms with van der Waals surface area (Å²) < 4.78 is 0. The molecule has 0 spiro atoms. The van der Waals surface area contributed by atoms with E-state index in [9.17, 15) is 0 Å². The van der Waals surface area contributed by atoms with Crippen molar-refractivity contribution >= 4 is 23.1 Å². The molecule has 1 aliphatic rings. The second kappa shape index (κ2) is 3.93. The smallest absolute Gasteiger partial charge is 0.155 e. The molecule has 0 N–H and O–H groups in total. The van der Waals surface area contributed by atoms with E-state index in [0.29, 0.717) is 5.02 Å². The van der Waals surface area contributed by atoms with Crippen molar-refractivity contribution in [1.29, 1.82) is 0 Å². The molecule has 0 atom stereocenters. The third-order valence-corrected chi connectivity index (χ3v) is 3.08. The molecule has 84 valence electrons. The van der Waals surface area contributed by atoms with Crippen LogP contribution in [-0.2, 0) is 6.42 Å². The Labute approximate surface area is 104 Å². The first-order valence-electron chi connectivity index (χ1n) is 5.38. The fraction of sp³-hybridized carbons (Fsp3) is 0.154. The van der Waals surface area contributed by atoms with Gasteiger partial charge in [-0.2, -0.15) is 0 Å². The summed E-state index contributed by atoms with van der Waals surface area (Å²) in [4.78, 5) is 12.9. The van der Waals surface area contributed by atoms with E-state index in [1.165, 1.54) is 0 Å². The van der Waals surface area contributed by atoms with Crippen LogP contribution in [0.4, 0.5) is 5.82 Å². The predicted molar refractivity (Wildman–Crippen MR) is 68.1 cm³/mol. The Kier molecular flexibility index (Phi) is 2.41. The highest BCUT2D eigenvalue weighted by Crippen LogP contribution is 2.28. The van der Waals surface area contributed by atoms with Gasteiger partial charge in [0.25, 0.3) is 0 Å². The number of pyridine rings is 2. The van der Waals surface area contributed by atoms with E-state index in [4.69, 9.17) is 11.6 Å². The van der Waals surface area contributed by atoms with Gasteiger partial charge in [-0.1, -0.05) is 17.7 Å². The Hall–Kier alpha value is -1.74. The standard InChI is InChI=1S/C13H10ClN3/c1-8-2-3-9-6-12(17-13(9)16-8)10-4-5-15-7-11(10)14/h2-5,7H,6H2,1H3. The summed E-state index contributed by atoms with van der Waals surface area (Å²) in [7, 11) is 0. The van der Waals surface area contributed by atoms with Gasteiger partial charge in [0, 0.05) is 35.6 Å². The van der Waals surface area contributed by atoms with Crippen molar-refractivity contribution in [3.8, 4) is 0 Å². The maximum atomic E-state index is 6.11. The molecule has 3 rings (SSSR count). The van der Waals surface area contributed by atoms with Gasteiger partial charge in [-0.3, -0.25) is 4.98 Å². The molecule has 0 fully saturated rings. The first-order chi connectivity index (χ1) is 8.24. The highest BCUT2D eigenvalue weighted by molar-refractivity contribution is 6.34. The zero-order valence-corrected chi connectivity index (χ0v) is 10.1. The topological polar surface area (TPSA) is 38.1 Å². The van der Waals surface area contributed by atoms with E-state index in [-0.39, 0.29) is 0 Å². The number of aromatic nitrogens is 2. The monoisotopic (exact) mass is 243 g/mol. The zero-order chi connectivity index (χ0) is 11.8. The molecule has 2 aromatic heterocycles. The summed E-state index contributed by atoms with van der Waals surface area (Å²) in [5, 5.41) is 0.635. The largest absolute Gasteiger partial charge is 0.263 e. The fourth-order valence-electron chi connectivity index (χ4n) is 1.92. The first-order valence-corrected chi connectivity index (χ1v) is 5.76. The lowest BCUT2D eigenvalue weighted by Gasteiger charge is -2.01. The number of aryl methyl sites for hydroxylation is 1. The van der Waals surface area contributed by atoms with Crippen LogP contribution in [0.15, 0.2) is 35.6 Å². The van der Waals surface area contributed by atoms with Gasteiger partial charge in [-0.05, 0) is 19.1 Å². The van der Waals surface area contributed by atoms with Crippen LogP contribution in [-0.4, -0.2) is 15.7 Å². The molecular formula is C13H10ClN3. The SMILES string of the molecule is Cc1ccc2c(n1)N=C(c1ccncc1Cl)C2. The van der Waals surface area contributed by atoms with Crippen LogP contribution in [0.25, 0.3) is 0 Å². The second-order valence-corrected chi connectivity index (χ2v) is 4.43. The van der Waals surface area contributed by atoms with E-state index in [2.05, 4.69) is 21.0 Å². The van der Waals surface area contributed by atoms with Gasteiger partial charge in [-0.25, -0.2) is 9.98 Å². The molecule has 0 amide bonds. The lowest BCUT2D eigenvalue weighted by atomic mass is 10.1. The van der Waals surface area contributed by atoms with Gasteiger partial charge in [-0.15, -0.1) is 0 Å². The number of hydrogen-bond acceptors (Lipinski definition) is 3. The molecule has 0 saturated heterocycles. The molecule has 3 heterocycles. The third-order valence-electron chi connectivity index (χ3n) is 2.78. The summed E-state index contributed by atoms with van der Waals surface area (Å²) in [5.41, 5.74) is 4.04. The van der Waals surface area contributed by atoms with E-state index in [1.54, 1.807) is 12.4 Å². The number of aliphatic imine (C=N–C) groups is 1. The summed E-state index contributed by atoms with van der Waals surface area (Å²) >= 11 is 6.11. The predicted octanol–water partition coefficient (Wildman–Crippen LogP) is 3.12. The van der Waals surface area contributed by atoms with Crippen LogP contribution in [0, 0.1) is 6.92 Å². The minimum atomic E-state index is 0.635. The molecule has 0 saturated carbocycles. The molecule has 2 aromatic rings. The van der Waals surface area contributed by atoms with Crippen LogP contribution < -0.4 is 0 Å². The van der Waals surface area contributed by atoms with Crippen molar-refractivity contribution in [3.05, 3.63) is 52.4 Å². The van der Waals surface area contributed by atoms with Gasteiger partial charge in [0.1, 0.15) is 0 Å². The molecule has 0 aromatic carbocycles. The third kappa shape index (κ3) is 1.83. The number of fused-ring (bicyclic) bond motifs is 1. The molecule has 0 bridgehead atoms. The number of rotatable bonds is 1. The van der Waals surface area contributed by atoms with Gasteiger partial charge in [0.2, 0.25) is 0 Å². The quantitative estimate of drug-likeness (QED) is 0.772. The Morgan fingerprint density at radius 2 is 2.12 bits per heavy atom. The summed E-state index contributed by atoms with van der Waals surface area (Å²) in [6.07, 6.45) is 4.15. The highest BCUT2D eigenvalue weighted by atomic mass is 35.5. The number of halogens is 1. The Balaban J connectivity index is 2.05. The van der Waals surface area contributed by atoms with Crippen LogP contribution >= 0.6 is 11.6 Å². The average molecular weight is 244 g/mol. The van der Waals surface area contributed by atoms with Crippen molar-refractivity contribution in [2.75, 3.05) is 0 Å². The lowest BCUT2D eigenvalue weighted by molar-refractivity contribution is 1.16. The van der Waals surface area contributed by atoms with Crippen LogP contribution in [0.1, 0.15) is 16.8 Å². The molecule has 0 unspecified atom stereocenters. The number of nitrogens with zero attached hydrogens (tertiary/aromatic N) is 3. The molecule has 0 radical (unpaired) electrons.